The Balaban J connectivity index is 2.08. The van der Waals surface area contributed by atoms with Gasteiger partial charge in [-0.05, 0) is 43.6 Å². The number of fused-ring (bicyclic) bond motifs is 3. The van der Waals surface area contributed by atoms with Crippen LogP contribution in [0.5, 0.6) is 0 Å². The predicted molar refractivity (Wildman–Crippen MR) is 83.3 cm³/mol. The van der Waals surface area contributed by atoms with E-state index in [4.69, 9.17) is 0 Å². The van der Waals surface area contributed by atoms with E-state index in [0.717, 1.165) is 11.0 Å². The maximum atomic E-state index is 4.04. The molecule has 3 aliphatic heterocycles. The van der Waals surface area contributed by atoms with E-state index in [9.17, 15) is 0 Å². The number of aromatic nitrogens is 1. The first-order valence-electron chi connectivity index (χ1n) is 6.95. The molecule has 0 unspecified atom stereocenters. The minimum absolute atomic E-state index is 0.706. The molecule has 1 saturated heterocycles. The van der Waals surface area contributed by atoms with Crippen LogP contribution in [0.1, 0.15) is 30.0 Å². The fraction of sp³-hybridized carbons (Fsp3) is 0.375. The summed E-state index contributed by atoms with van der Waals surface area (Å²) >= 11 is 3.59. The molecule has 1 fully saturated rings. The molecule has 5 rings (SSSR count). The predicted octanol–water partition coefficient (Wildman–Crippen LogP) is 4.20. The van der Waals surface area contributed by atoms with E-state index in [0.29, 0.717) is 5.92 Å². The second-order valence-corrected chi connectivity index (χ2v) is 6.54. The number of hydrogen-bond acceptors (Lipinski definition) is 1. The average Bonchev–Trinajstić information content (AvgIpc) is 2.56. The van der Waals surface area contributed by atoms with Gasteiger partial charge in [-0.2, -0.15) is 0 Å². The van der Waals surface area contributed by atoms with E-state index in [1.54, 1.807) is 0 Å². The fourth-order valence-corrected chi connectivity index (χ4v) is 4.12. The number of piperidine rings is 1. The third-order valence-electron chi connectivity index (χ3n) is 4.65. The lowest BCUT2D eigenvalue weighted by Gasteiger charge is -2.27. The molecule has 0 N–H and O–H groups in total. The highest BCUT2D eigenvalue weighted by Crippen LogP contribution is 2.41. The summed E-state index contributed by atoms with van der Waals surface area (Å²) in [6, 6.07) is 6.62. The molecular formula is C16H17BrN2. The second kappa shape index (κ2) is 4.22. The van der Waals surface area contributed by atoms with Crippen LogP contribution in [0.4, 0.5) is 0 Å². The molecule has 3 aliphatic rings. The maximum absolute atomic E-state index is 4.04. The molecule has 2 bridgehead atoms. The minimum atomic E-state index is 0.706. The van der Waals surface area contributed by atoms with Gasteiger partial charge < -0.3 is 4.57 Å². The molecule has 0 atom stereocenters. The van der Waals surface area contributed by atoms with E-state index in [1.165, 1.54) is 48.1 Å². The largest absolute Gasteiger partial charge is 0.320 e. The van der Waals surface area contributed by atoms with Crippen molar-refractivity contribution in [2.45, 2.75) is 25.3 Å². The van der Waals surface area contributed by atoms with Crippen LogP contribution < -0.4 is 0 Å². The van der Waals surface area contributed by atoms with E-state index in [1.807, 2.05) is 6.20 Å². The van der Waals surface area contributed by atoms with Gasteiger partial charge in [0.15, 0.2) is 0 Å². The lowest BCUT2D eigenvalue weighted by atomic mass is 9.94. The van der Waals surface area contributed by atoms with Gasteiger partial charge in [0.1, 0.15) is 0 Å². The summed E-state index contributed by atoms with van der Waals surface area (Å²) < 4.78 is 3.47. The van der Waals surface area contributed by atoms with E-state index >= 15 is 0 Å². The van der Waals surface area contributed by atoms with Crippen molar-refractivity contribution >= 4 is 33.0 Å². The number of hydrogen-bond donors (Lipinski definition) is 0. The molecule has 19 heavy (non-hydrogen) atoms. The van der Waals surface area contributed by atoms with Crippen molar-refractivity contribution in [3.8, 4) is 0 Å². The molecule has 0 spiro atoms. The Morgan fingerprint density at radius 1 is 1.26 bits per heavy atom. The third kappa shape index (κ3) is 1.65. The Bertz CT molecular complexity index is 663. The summed E-state index contributed by atoms with van der Waals surface area (Å²) in [6.07, 6.45) is 4.57. The van der Waals surface area contributed by atoms with Crippen LogP contribution in [0.15, 0.2) is 29.3 Å². The second-order valence-electron chi connectivity index (χ2n) is 5.63. The summed E-state index contributed by atoms with van der Waals surface area (Å²) in [7, 11) is 0. The normalized spacial score (nSPS) is 25.3. The van der Waals surface area contributed by atoms with Crippen molar-refractivity contribution in [1.82, 2.24) is 9.47 Å². The topological polar surface area (TPSA) is 8.17 Å². The zero-order chi connectivity index (χ0) is 13.0. The highest BCUT2D eigenvalue weighted by Gasteiger charge is 2.32. The molecule has 98 valence electrons. The highest BCUT2D eigenvalue weighted by molar-refractivity contribution is 9.10. The summed E-state index contributed by atoms with van der Waals surface area (Å²) in [5.74, 6) is 0.706. The molecule has 0 amide bonds. The lowest BCUT2D eigenvalue weighted by molar-refractivity contribution is 0.220. The van der Waals surface area contributed by atoms with Crippen LogP contribution in [0.25, 0.3) is 17.1 Å². The molecule has 2 aromatic rings. The quantitative estimate of drug-likeness (QED) is 0.765. The molecule has 0 radical (unpaired) electrons. The van der Waals surface area contributed by atoms with Crippen LogP contribution in [0, 0.1) is 0 Å². The summed E-state index contributed by atoms with van der Waals surface area (Å²) in [5.41, 5.74) is 4.34. The zero-order valence-electron chi connectivity index (χ0n) is 10.9. The standard InChI is InChI=1S/C16H17BrN2/c1-2-19-15-9-12(17)3-4-13(15)14-10-18-7-5-11(6-8-18)16(14)19/h2-4,9,11H,1,5-8,10H2. The van der Waals surface area contributed by atoms with Gasteiger partial charge in [-0.25, -0.2) is 0 Å². The molecular weight excluding hydrogens is 300 g/mol. The number of nitrogens with zero attached hydrogens (tertiary/aromatic N) is 2. The van der Waals surface area contributed by atoms with Crippen molar-refractivity contribution < 1.29 is 0 Å². The highest BCUT2D eigenvalue weighted by atomic mass is 79.9. The van der Waals surface area contributed by atoms with Gasteiger partial charge in [0.05, 0.1) is 5.52 Å². The van der Waals surface area contributed by atoms with Crippen molar-refractivity contribution in [2.75, 3.05) is 13.1 Å². The molecule has 1 aromatic heterocycles. The van der Waals surface area contributed by atoms with Gasteiger partial charge in [-0.3, -0.25) is 4.90 Å². The average molecular weight is 317 g/mol. The Morgan fingerprint density at radius 3 is 2.79 bits per heavy atom. The van der Waals surface area contributed by atoms with Crippen molar-refractivity contribution in [3.05, 3.63) is 40.5 Å². The van der Waals surface area contributed by atoms with Gasteiger partial charge >= 0.3 is 0 Å². The van der Waals surface area contributed by atoms with E-state index in [-0.39, 0.29) is 0 Å². The van der Waals surface area contributed by atoms with E-state index in [2.05, 4.69) is 50.2 Å². The number of rotatable bonds is 1. The molecule has 3 heteroatoms. The molecule has 2 nitrogen and oxygen atoms in total. The lowest BCUT2D eigenvalue weighted by Crippen LogP contribution is -2.29. The summed E-state index contributed by atoms with van der Waals surface area (Å²) in [5, 5.41) is 1.40. The van der Waals surface area contributed by atoms with Crippen molar-refractivity contribution in [1.29, 1.82) is 0 Å². The van der Waals surface area contributed by atoms with Gasteiger partial charge in [0.2, 0.25) is 0 Å². The van der Waals surface area contributed by atoms with Crippen LogP contribution in [0.2, 0.25) is 0 Å². The van der Waals surface area contributed by atoms with Crippen LogP contribution >= 0.6 is 15.9 Å². The first-order chi connectivity index (χ1) is 9.28. The Hall–Kier alpha value is -1.06. The smallest absolute Gasteiger partial charge is 0.0539 e. The molecule has 1 aromatic carbocycles. The van der Waals surface area contributed by atoms with Crippen molar-refractivity contribution in [2.24, 2.45) is 0 Å². The van der Waals surface area contributed by atoms with Crippen LogP contribution in [-0.2, 0) is 6.54 Å². The minimum Gasteiger partial charge on any atom is -0.320 e. The van der Waals surface area contributed by atoms with Crippen molar-refractivity contribution in [3.63, 3.8) is 0 Å². The summed E-state index contributed by atoms with van der Waals surface area (Å²) in [6.45, 7) is 7.63. The fourth-order valence-electron chi connectivity index (χ4n) is 3.77. The van der Waals surface area contributed by atoms with E-state index < -0.39 is 0 Å². The first kappa shape index (κ1) is 11.7. The Morgan fingerprint density at radius 2 is 2.05 bits per heavy atom. The summed E-state index contributed by atoms with van der Waals surface area (Å²) in [4.78, 5) is 2.59. The van der Waals surface area contributed by atoms with Crippen LogP contribution in [0.3, 0.4) is 0 Å². The van der Waals surface area contributed by atoms with Gasteiger partial charge in [0.25, 0.3) is 0 Å². The van der Waals surface area contributed by atoms with Gasteiger partial charge in [-0.15, -0.1) is 0 Å². The van der Waals surface area contributed by atoms with Gasteiger partial charge in [-0.1, -0.05) is 28.6 Å². The maximum Gasteiger partial charge on any atom is 0.0539 e. The molecule has 0 aliphatic carbocycles. The Labute approximate surface area is 121 Å². The Kier molecular flexibility index (Phi) is 2.61. The monoisotopic (exact) mass is 316 g/mol. The third-order valence-corrected chi connectivity index (χ3v) is 5.14. The zero-order valence-corrected chi connectivity index (χ0v) is 12.5. The number of benzene rings is 1. The SMILES string of the molecule is C=Cn1c2c(c3ccc(Br)cc31)CN1CCC2CC1. The molecule has 4 heterocycles. The number of halogens is 1. The molecule has 0 saturated carbocycles. The van der Waals surface area contributed by atoms with Crippen LogP contribution in [-0.4, -0.2) is 22.6 Å². The first-order valence-corrected chi connectivity index (χ1v) is 7.74. The van der Waals surface area contributed by atoms with Gasteiger partial charge in [0, 0.05) is 34.2 Å².